The van der Waals surface area contributed by atoms with E-state index in [1.165, 1.54) is 16.7 Å². The van der Waals surface area contributed by atoms with Gasteiger partial charge in [0.2, 0.25) is 5.91 Å². The zero-order valence-corrected chi connectivity index (χ0v) is 12.0. The van der Waals surface area contributed by atoms with Crippen molar-refractivity contribution in [3.63, 3.8) is 0 Å². The summed E-state index contributed by atoms with van der Waals surface area (Å²) in [5.74, 6) is 0.0836. The lowest BCUT2D eigenvalue weighted by Gasteiger charge is -2.18. The quantitative estimate of drug-likeness (QED) is 0.904. The highest BCUT2D eigenvalue weighted by Crippen LogP contribution is 2.20. The zero-order valence-electron chi connectivity index (χ0n) is 12.0. The molecular weight excluding hydrogens is 238 g/mol. The first-order valence-corrected chi connectivity index (χ1v) is 7.04. The Morgan fingerprint density at radius 2 is 2.26 bits per heavy atom. The van der Waals surface area contributed by atoms with Crippen LogP contribution in [-0.2, 0) is 9.53 Å². The van der Waals surface area contributed by atoms with Crippen molar-refractivity contribution in [3.8, 4) is 0 Å². The summed E-state index contributed by atoms with van der Waals surface area (Å²) in [6.07, 6.45) is 2.68. The van der Waals surface area contributed by atoms with Crippen LogP contribution in [0.2, 0.25) is 0 Å². The van der Waals surface area contributed by atoms with Crippen LogP contribution < -0.4 is 5.32 Å². The molecule has 1 N–H and O–H groups in total. The maximum atomic E-state index is 12.0. The third kappa shape index (κ3) is 3.80. The Morgan fingerprint density at radius 3 is 2.95 bits per heavy atom. The van der Waals surface area contributed by atoms with Crippen molar-refractivity contribution in [2.24, 2.45) is 0 Å². The number of rotatable bonds is 4. The molecule has 3 heteroatoms. The number of benzene rings is 1. The van der Waals surface area contributed by atoms with E-state index in [0.29, 0.717) is 6.42 Å². The first-order valence-electron chi connectivity index (χ1n) is 7.04. The third-order valence-corrected chi connectivity index (χ3v) is 3.72. The molecule has 0 bridgehead atoms. The van der Waals surface area contributed by atoms with Gasteiger partial charge in [0, 0.05) is 6.61 Å². The summed E-state index contributed by atoms with van der Waals surface area (Å²) in [6.45, 7) is 6.99. The minimum atomic E-state index is 0.0498. The average molecular weight is 261 g/mol. The largest absolute Gasteiger partial charge is 0.378 e. The standard InChI is InChI=1S/C16H23NO2/c1-11-6-7-12(2)15(9-11)13(3)17-16(18)10-14-5-4-8-19-14/h6-7,9,13-14H,4-5,8,10H2,1-3H3,(H,17,18)/t13-,14+/m0/s1. The molecule has 3 nitrogen and oxygen atoms in total. The maximum absolute atomic E-state index is 12.0. The van der Waals surface area contributed by atoms with Gasteiger partial charge in [0.1, 0.15) is 0 Å². The fourth-order valence-electron chi connectivity index (χ4n) is 2.62. The van der Waals surface area contributed by atoms with Gasteiger partial charge in [0.15, 0.2) is 0 Å². The smallest absolute Gasteiger partial charge is 0.223 e. The number of ether oxygens (including phenoxy) is 1. The molecule has 0 aromatic heterocycles. The van der Waals surface area contributed by atoms with Crippen molar-refractivity contribution < 1.29 is 9.53 Å². The van der Waals surface area contributed by atoms with Crippen molar-refractivity contribution in [1.82, 2.24) is 5.32 Å². The monoisotopic (exact) mass is 261 g/mol. The van der Waals surface area contributed by atoms with E-state index in [1.54, 1.807) is 0 Å². The van der Waals surface area contributed by atoms with Gasteiger partial charge in [0.05, 0.1) is 18.6 Å². The molecule has 104 valence electrons. The van der Waals surface area contributed by atoms with Crippen LogP contribution in [0.1, 0.15) is 48.9 Å². The molecule has 0 radical (unpaired) electrons. The maximum Gasteiger partial charge on any atom is 0.223 e. The highest BCUT2D eigenvalue weighted by molar-refractivity contribution is 5.77. The van der Waals surface area contributed by atoms with Gasteiger partial charge in [0.25, 0.3) is 0 Å². The molecule has 2 atom stereocenters. The summed E-state index contributed by atoms with van der Waals surface area (Å²) < 4.78 is 5.49. The summed E-state index contributed by atoms with van der Waals surface area (Å²) in [4.78, 5) is 12.0. The number of aryl methyl sites for hydroxylation is 2. The van der Waals surface area contributed by atoms with Crippen molar-refractivity contribution in [3.05, 3.63) is 34.9 Å². The molecule has 0 saturated carbocycles. The molecule has 0 unspecified atom stereocenters. The van der Waals surface area contributed by atoms with Crippen molar-refractivity contribution >= 4 is 5.91 Å². The van der Waals surface area contributed by atoms with Crippen LogP contribution in [0.5, 0.6) is 0 Å². The number of hydrogen-bond acceptors (Lipinski definition) is 2. The van der Waals surface area contributed by atoms with Crippen LogP contribution in [0.4, 0.5) is 0 Å². The third-order valence-electron chi connectivity index (χ3n) is 3.72. The van der Waals surface area contributed by atoms with Gasteiger partial charge >= 0.3 is 0 Å². The lowest BCUT2D eigenvalue weighted by atomic mass is 10.00. The summed E-state index contributed by atoms with van der Waals surface area (Å²) in [5.41, 5.74) is 3.64. The van der Waals surface area contributed by atoms with E-state index in [2.05, 4.69) is 37.4 Å². The Morgan fingerprint density at radius 1 is 1.47 bits per heavy atom. The minimum Gasteiger partial charge on any atom is -0.378 e. The SMILES string of the molecule is Cc1ccc(C)c([C@H](C)NC(=O)C[C@H]2CCCO2)c1. The molecule has 1 aliphatic heterocycles. The van der Waals surface area contributed by atoms with Crippen LogP contribution >= 0.6 is 0 Å². The van der Waals surface area contributed by atoms with E-state index in [9.17, 15) is 4.79 Å². The molecule has 0 spiro atoms. The number of amides is 1. The Labute approximate surface area is 115 Å². The van der Waals surface area contributed by atoms with E-state index in [-0.39, 0.29) is 18.1 Å². The Balaban J connectivity index is 1.94. The van der Waals surface area contributed by atoms with Gasteiger partial charge in [-0.25, -0.2) is 0 Å². The van der Waals surface area contributed by atoms with E-state index in [4.69, 9.17) is 4.74 Å². The van der Waals surface area contributed by atoms with Gasteiger partial charge in [-0.3, -0.25) is 4.79 Å². The van der Waals surface area contributed by atoms with Gasteiger partial charge in [-0.2, -0.15) is 0 Å². The van der Waals surface area contributed by atoms with E-state index < -0.39 is 0 Å². The lowest BCUT2D eigenvalue weighted by Crippen LogP contribution is -2.30. The van der Waals surface area contributed by atoms with Gasteiger partial charge < -0.3 is 10.1 Å². The van der Waals surface area contributed by atoms with Crippen LogP contribution in [0.25, 0.3) is 0 Å². The van der Waals surface area contributed by atoms with Gasteiger partial charge in [-0.1, -0.05) is 23.8 Å². The van der Waals surface area contributed by atoms with Gasteiger partial charge in [-0.15, -0.1) is 0 Å². The predicted molar refractivity (Wildman–Crippen MR) is 76.1 cm³/mol. The average Bonchev–Trinajstić information content (AvgIpc) is 2.84. The van der Waals surface area contributed by atoms with E-state index in [1.807, 2.05) is 6.92 Å². The van der Waals surface area contributed by atoms with Crippen LogP contribution in [-0.4, -0.2) is 18.6 Å². The minimum absolute atomic E-state index is 0.0498. The summed E-state index contributed by atoms with van der Waals surface area (Å²) in [5, 5.41) is 3.07. The molecule has 1 saturated heterocycles. The number of hydrogen-bond donors (Lipinski definition) is 1. The molecule has 1 heterocycles. The normalized spacial score (nSPS) is 20.3. The highest BCUT2D eigenvalue weighted by Gasteiger charge is 2.20. The molecule has 1 aromatic rings. The van der Waals surface area contributed by atoms with E-state index in [0.717, 1.165) is 19.4 Å². The fourth-order valence-corrected chi connectivity index (χ4v) is 2.62. The molecule has 2 rings (SSSR count). The molecular formula is C16H23NO2. The predicted octanol–water partition coefficient (Wildman–Crippen LogP) is 3.05. The van der Waals surface area contributed by atoms with Crippen molar-refractivity contribution in [2.75, 3.05) is 6.61 Å². The molecule has 1 fully saturated rings. The van der Waals surface area contributed by atoms with Crippen molar-refractivity contribution in [2.45, 2.75) is 52.2 Å². The number of carbonyl (C=O) groups is 1. The highest BCUT2D eigenvalue weighted by atomic mass is 16.5. The second-order valence-electron chi connectivity index (χ2n) is 5.49. The van der Waals surface area contributed by atoms with Crippen LogP contribution in [0.3, 0.4) is 0 Å². The van der Waals surface area contributed by atoms with Crippen molar-refractivity contribution in [1.29, 1.82) is 0 Å². The Kier molecular flexibility index (Phi) is 4.59. The summed E-state index contributed by atoms with van der Waals surface area (Å²) in [6, 6.07) is 6.40. The molecule has 1 aromatic carbocycles. The molecule has 0 aliphatic carbocycles. The zero-order chi connectivity index (χ0) is 13.8. The first kappa shape index (κ1) is 14.1. The number of carbonyl (C=O) groups excluding carboxylic acids is 1. The van der Waals surface area contributed by atoms with E-state index >= 15 is 0 Å². The Bertz CT molecular complexity index is 450. The topological polar surface area (TPSA) is 38.3 Å². The fraction of sp³-hybridized carbons (Fsp3) is 0.562. The lowest BCUT2D eigenvalue weighted by molar-refractivity contribution is -0.123. The van der Waals surface area contributed by atoms with Gasteiger partial charge in [-0.05, 0) is 44.7 Å². The number of nitrogens with one attached hydrogen (secondary N) is 1. The molecule has 1 amide bonds. The second kappa shape index (κ2) is 6.20. The summed E-state index contributed by atoms with van der Waals surface area (Å²) in [7, 11) is 0. The molecule has 1 aliphatic rings. The molecule has 19 heavy (non-hydrogen) atoms. The Hall–Kier alpha value is -1.35. The van der Waals surface area contributed by atoms with Crippen LogP contribution in [0, 0.1) is 13.8 Å². The second-order valence-corrected chi connectivity index (χ2v) is 5.49. The van der Waals surface area contributed by atoms with Crippen LogP contribution in [0.15, 0.2) is 18.2 Å². The first-order chi connectivity index (χ1) is 9.06. The summed E-state index contributed by atoms with van der Waals surface area (Å²) >= 11 is 0.